The number of sulfonamides is 1. The van der Waals surface area contributed by atoms with Gasteiger partial charge in [-0.3, -0.25) is 9.52 Å². The minimum absolute atomic E-state index is 0.133. The van der Waals surface area contributed by atoms with E-state index in [1.54, 1.807) is 37.3 Å². The first-order valence-corrected chi connectivity index (χ1v) is 10.4. The van der Waals surface area contributed by atoms with Crippen LogP contribution in [0.5, 0.6) is 5.75 Å². The van der Waals surface area contributed by atoms with Crippen LogP contribution in [0.3, 0.4) is 0 Å². The van der Waals surface area contributed by atoms with Gasteiger partial charge in [0.05, 0.1) is 22.9 Å². The molecule has 0 aromatic heterocycles. The number of halogens is 2. The van der Waals surface area contributed by atoms with Gasteiger partial charge in [-0.05, 0) is 49.4 Å². The third kappa shape index (κ3) is 4.93. The molecule has 0 saturated heterocycles. The molecule has 0 aliphatic carbocycles. The average molecular weight is 432 g/mol. The summed E-state index contributed by atoms with van der Waals surface area (Å²) < 4.78 is 59.8. The molecular formula is C21H18F2N2O4S. The molecule has 0 saturated carbocycles. The van der Waals surface area contributed by atoms with Gasteiger partial charge >= 0.3 is 0 Å². The monoisotopic (exact) mass is 432 g/mol. The fourth-order valence-electron chi connectivity index (χ4n) is 2.62. The van der Waals surface area contributed by atoms with Gasteiger partial charge in [0.15, 0.2) is 0 Å². The quantitative estimate of drug-likeness (QED) is 0.579. The van der Waals surface area contributed by atoms with Crippen molar-refractivity contribution < 1.29 is 26.7 Å². The van der Waals surface area contributed by atoms with Crippen LogP contribution in [0, 0.1) is 11.6 Å². The highest BCUT2D eigenvalue weighted by molar-refractivity contribution is 7.92. The van der Waals surface area contributed by atoms with Crippen LogP contribution in [0.15, 0.2) is 71.6 Å². The van der Waals surface area contributed by atoms with Crippen LogP contribution in [-0.4, -0.2) is 20.9 Å². The zero-order chi connectivity index (χ0) is 21.7. The lowest BCUT2D eigenvalue weighted by Crippen LogP contribution is -2.16. The minimum Gasteiger partial charge on any atom is -0.492 e. The maximum atomic E-state index is 13.9. The molecule has 30 heavy (non-hydrogen) atoms. The summed E-state index contributed by atoms with van der Waals surface area (Å²) in [4.78, 5) is 12.2. The molecule has 3 aromatic carbocycles. The topological polar surface area (TPSA) is 84.5 Å². The van der Waals surface area contributed by atoms with Crippen molar-refractivity contribution in [2.75, 3.05) is 16.6 Å². The van der Waals surface area contributed by atoms with Crippen molar-refractivity contribution in [1.29, 1.82) is 0 Å². The molecule has 0 spiro atoms. The molecule has 0 bridgehead atoms. The van der Waals surface area contributed by atoms with Crippen molar-refractivity contribution in [3.8, 4) is 5.75 Å². The molecule has 9 heteroatoms. The molecule has 0 heterocycles. The average Bonchev–Trinajstić information content (AvgIpc) is 2.72. The molecule has 0 unspecified atom stereocenters. The lowest BCUT2D eigenvalue weighted by molar-refractivity contribution is 0.102. The zero-order valence-electron chi connectivity index (χ0n) is 15.9. The Morgan fingerprint density at radius 1 is 0.967 bits per heavy atom. The van der Waals surface area contributed by atoms with Crippen LogP contribution in [0.1, 0.15) is 17.3 Å². The highest BCUT2D eigenvalue weighted by atomic mass is 32.2. The second-order valence-corrected chi connectivity index (χ2v) is 7.82. The Morgan fingerprint density at radius 2 is 1.70 bits per heavy atom. The minimum atomic E-state index is -4.22. The number of carbonyl (C=O) groups is 1. The summed E-state index contributed by atoms with van der Waals surface area (Å²) in [5, 5.41) is 2.63. The van der Waals surface area contributed by atoms with E-state index >= 15 is 0 Å². The summed E-state index contributed by atoms with van der Waals surface area (Å²) in [6, 6.07) is 14.7. The number of carbonyl (C=O) groups excluding carboxylic acids is 1. The van der Waals surface area contributed by atoms with Gasteiger partial charge < -0.3 is 10.1 Å². The van der Waals surface area contributed by atoms with Gasteiger partial charge in [-0.15, -0.1) is 0 Å². The van der Waals surface area contributed by atoms with Crippen molar-refractivity contribution in [2.45, 2.75) is 11.8 Å². The molecular weight excluding hydrogens is 414 g/mol. The number of nitrogens with one attached hydrogen (secondary N) is 2. The lowest BCUT2D eigenvalue weighted by Gasteiger charge is -2.14. The van der Waals surface area contributed by atoms with Gasteiger partial charge in [0, 0.05) is 11.6 Å². The third-order valence-electron chi connectivity index (χ3n) is 4.02. The van der Waals surface area contributed by atoms with Gasteiger partial charge in [0.25, 0.3) is 15.9 Å². The summed E-state index contributed by atoms with van der Waals surface area (Å²) in [6.07, 6.45) is 0. The number of anilines is 2. The summed E-state index contributed by atoms with van der Waals surface area (Å²) in [6.45, 7) is 2.03. The standard InChI is InChI=1S/C21H18F2N2O4S/c1-2-29-20-11-9-16(13-19(20)24-21(26)14-6-4-3-5-7-14)30(27,28)25-18-10-8-15(22)12-17(18)23/h3-13,25H,2H2,1H3,(H,24,26). The van der Waals surface area contributed by atoms with Crippen LogP contribution < -0.4 is 14.8 Å². The number of ether oxygens (including phenoxy) is 1. The number of amides is 1. The fraction of sp³-hybridized carbons (Fsp3) is 0.0952. The van der Waals surface area contributed by atoms with Crippen LogP contribution >= 0.6 is 0 Å². The summed E-state index contributed by atoms with van der Waals surface area (Å²) in [5.74, 6) is -2.07. The Kier molecular flexibility index (Phi) is 6.31. The summed E-state index contributed by atoms with van der Waals surface area (Å²) >= 11 is 0. The summed E-state index contributed by atoms with van der Waals surface area (Å²) in [5.41, 5.74) is 0.105. The van der Waals surface area contributed by atoms with E-state index < -0.39 is 33.3 Å². The van der Waals surface area contributed by atoms with Crippen molar-refractivity contribution >= 4 is 27.3 Å². The van der Waals surface area contributed by atoms with E-state index in [1.807, 2.05) is 0 Å². The molecule has 0 fully saturated rings. The molecule has 6 nitrogen and oxygen atoms in total. The van der Waals surface area contributed by atoms with Crippen LogP contribution in [0.2, 0.25) is 0 Å². The predicted molar refractivity (Wildman–Crippen MR) is 109 cm³/mol. The molecule has 0 aliphatic rings. The SMILES string of the molecule is CCOc1ccc(S(=O)(=O)Nc2ccc(F)cc2F)cc1NC(=O)c1ccccc1. The predicted octanol–water partition coefficient (Wildman–Crippen LogP) is 4.42. The molecule has 156 valence electrons. The Bertz CT molecular complexity index is 1170. The van der Waals surface area contributed by atoms with E-state index in [9.17, 15) is 22.0 Å². The second kappa shape index (κ2) is 8.91. The van der Waals surface area contributed by atoms with E-state index in [0.717, 1.165) is 12.1 Å². The molecule has 0 aliphatic heterocycles. The lowest BCUT2D eigenvalue weighted by atomic mass is 10.2. The number of benzene rings is 3. The van der Waals surface area contributed by atoms with E-state index in [-0.39, 0.29) is 16.3 Å². The van der Waals surface area contributed by atoms with Gasteiger partial charge in [-0.25, -0.2) is 17.2 Å². The molecule has 0 atom stereocenters. The van der Waals surface area contributed by atoms with E-state index in [1.165, 1.54) is 18.2 Å². The van der Waals surface area contributed by atoms with Gasteiger partial charge in [0.1, 0.15) is 17.4 Å². The molecule has 2 N–H and O–H groups in total. The molecule has 0 radical (unpaired) electrons. The van der Waals surface area contributed by atoms with Crippen molar-refractivity contribution in [3.05, 3.63) is 83.9 Å². The first-order chi connectivity index (χ1) is 14.3. The largest absolute Gasteiger partial charge is 0.492 e. The smallest absolute Gasteiger partial charge is 0.262 e. The van der Waals surface area contributed by atoms with E-state index in [4.69, 9.17) is 4.74 Å². The van der Waals surface area contributed by atoms with Crippen molar-refractivity contribution in [2.24, 2.45) is 0 Å². The van der Waals surface area contributed by atoms with Gasteiger partial charge in [0.2, 0.25) is 0 Å². The van der Waals surface area contributed by atoms with Crippen molar-refractivity contribution in [1.82, 2.24) is 0 Å². The third-order valence-corrected chi connectivity index (χ3v) is 5.38. The molecule has 3 rings (SSSR count). The molecule has 1 amide bonds. The van der Waals surface area contributed by atoms with E-state index in [0.29, 0.717) is 18.2 Å². The number of hydrogen-bond acceptors (Lipinski definition) is 4. The first kappa shape index (κ1) is 21.3. The Hall–Kier alpha value is -3.46. The number of rotatable bonds is 7. The Labute approximate surface area is 172 Å². The van der Waals surface area contributed by atoms with Crippen LogP contribution in [-0.2, 0) is 10.0 Å². The van der Waals surface area contributed by atoms with Gasteiger partial charge in [-0.2, -0.15) is 0 Å². The first-order valence-electron chi connectivity index (χ1n) is 8.91. The molecule has 3 aromatic rings. The van der Waals surface area contributed by atoms with Gasteiger partial charge in [-0.1, -0.05) is 18.2 Å². The maximum absolute atomic E-state index is 13.9. The highest BCUT2D eigenvalue weighted by Crippen LogP contribution is 2.30. The van der Waals surface area contributed by atoms with Crippen molar-refractivity contribution in [3.63, 3.8) is 0 Å². The number of hydrogen-bond donors (Lipinski definition) is 2. The second-order valence-electron chi connectivity index (χ2n) is 6.14. The zero-order valence-corrected chi connectivity index (χ0v) is 16.7. The maximum Gasteiger partial charge on any atom is 0.262 e. The Balaban J connectivity index is 1.93. The summed E-state index contributed by atoms with van der Waals surface area (Å²) in [7, 11) is -4.22. The van der Waals surface area contributed by atoms with E-state index in [2.05, 4.69) is 10.0 Å². The highest BCUT2D eigenvalue weighted by Gasteiger charge is 2.20. The normalized spacial score (nSPS) is 11.0. The van der Waals surface area contributed by atoms with Crippen LogP contribution in [0.25, 0.3) is 0 Å². The Morgan fingerprint density at radius 3 is 2.37 bits per heavy atom. The fourth-order valence-corrected chi connectivity index (χ4v) is 3.71. The van der Waals surface area contributed by atoms with Crippen LogP contribution in [0.4, 0.5) is 20.2 Å².